The van der Waals surface area contributed by atoms with Crippen molar-refractivity contribution in [2.75, 3.05) is 13.1 Å². The first-order valence-electron chi connectivity index (χ1n) is 9.40. The van der Waals surface area contributed by atoms with Gasteiger partial charge in [0.15, 0.2) is 0 Å². The molecule has 0 aromatic heterocycles. The zero-order valence-corrected chi connectivity index (χ0v) is 15.8. The van der Waals surface area contributed by atoms with Crippen LogP contribution in [0, 0.1) is 0 Å². The highest BCUT2D eigenvalue weighted by molar-refractivity contribution is 5.95. The molecule has 2 amide bonds. The third kappa shape index (κ3) is 5.30. The Morgan fingerprint density at radius 3 is 1.89 bits per heavy atom. The number of primary amides is 1. The highest BCUT2D eigenvalue weighted by atomic mass is 16.2. The van der Waals surface area contributed by atoms with E-state index in [9.17, 15) is 9.59 Å². The molecular weight excluding hydrogens is 348 g/mol. The molecule has 0 saturated heterocycles. The number of nitrogens with two attached hydrogens (primary N) is 1. The van der Waals surface area contributed by atoms with Gasteiger partial charge in [0.1, 0.15) is 0 Å². The van der Waals surface area contributed by atoms with E-state index in [0.29, 0.717) is 18.7 Å². The summed E-state index contributed by atoms with van der Waals surface area (Å²) < 4.78 is 0. The first-order chi connectivity index (χ1) is 13.6. The Hall–Kier alpha value is -3.40. The van der Waals surface area contributed by atoms with Crippen LogP contribution in [0.15, 0.2) is 84.9 Å². The largest absolute Gasteiger partial charge is 0.370 e. The molecule has 0 aliphatic heterocycles. The molecule has 142 valence electrons. The van der Waals surface area contributed by atoms with Crippen molar-refractivity contribution >= 4 is 11.8 Å². The van der Waals surface area contributed by atoms with Gasteiger partial charge in [-0.25, -0.2) is 0 Å². The van der Waals surface area contributed by atoms with Gasteiger partial charge in [-0.05, 0) is 35.2 Å². The van der Waals surface area contributed by atoms with E-state index in [0.717, 1.165) is 23.1 Å². The molecule has 0 bridgehead atoms. The van der Waals surface area contributed by atoms with Crippen LogP contribution >= 0.6 is 0 Å². The third-order valence-electron chi connectivity index (χ3n) is 4.67. The van der Waals surface area contributed by atoms with Gasteiger partial charge in [0.2, 0.25) is 5.91 Å². The van der Waals surface area contributed by atoms with E-state index in [4.69, 9.17) is 5.73 Å². The lowest BCUT2D eigenvalue weighted by Crippen LogP contribution is -2.35. The first kappa shape index (κ1) is 19.4. The summed E-state index contributed by atoms with van der Waals surface area (Å²) in [5.74, 6) is -0.492. The predicted molar refractivity (Wildman–Crippen MR) is 112 cm³/mol. The average molecular weight is 372 g/mol. The normalized spacial score (nSPS) is 10.4. The average Bonchev–Trinajstić information content (AvgIpc) is 2.75. The molecule has 0 aliphatic rings. The van der Waals surface area contributed by atoms with Crippen molar-refractivity contribution in [2.45, 2.75) is 12.8 Å². The number of carbonyl (C=O) groups is 2. The van der Waals surface area contributed by atoms with Crippen molar-refractivity contribution in [1.82, 2.24) is 4.90 Å². The fraction of sp³-hybridized carbons (Fsp3) is 0.167. The maximum absolute atomic E-state index is 13.0. The zero-order chi connectivity index (χ0) is 19.8. The molecular formula is C24H24N2O2. The topological polar surface area (TPSA) is 63.4 Å². The van der Waals surface area contributed by atoms with Crippen LogP contribution in [-0.2, 0) is 11.2 Å². The Morgan fingerprint density at radius 1 is 0.714 bits per heavy atom. The minimum atomic E-state index is -0.406. The van der Waals surface area contributed by atoms with E-state index in [1.807, 2.05) is 84.9 Å². The number of hydrogen-bond acceptors (Lipinski definition) is 2. The molecule has 0 aliphatic carbocycles. The summed E-state index contributed by atoms with van der Waals surface area (Å²) in [4.78, 5) is 25.9. The van der Waals surface area contributed by atoms with E-state index < -0.39 is 5.91 Å². The van der Waals surface area contributed by atoms with E-state index in [-0.39, 0.29) is 12.3 Å². The quantitative estimate of drug-likeness (QED) is 0.651. The fourth-order valence-corrected chi connectivity index (χ4v) is 3.09. The molecule has 0 atom stereocenters. The van der Waals surface area contributed by atoms with Gasteiger partial charge in [0.05, 0.1) is 0 Å². The maximum atomic E-state index is 13.0. The standard InChI is InChI=1S/C24H24N2O2/c25-23(27)16-18-26(17-15-19-7-3-1-4-8-19)24(28)22-13-11-21(12-14-22)20-9-5-2-6-10-20/h1-14H,15-18H2,(H2,25,27). The monoisotopic (exact) mass is 372 g/mol. The lowest BCUT2D eigenvalue weighted by Gasteiger charge is -2.22. The van der Waals surface area contributed by atoms with Gasteiger partial charge in [-0.1, -0.05) is 72.8 Å². The van der Waals surface area contributed by atoms with Crippen LogP contribution in [-0.4, -0.2) is 29.8 Å². The van der Waals surface area contributed by atoms with Gasteiger partial charge in [0, 0.05) is 25.1 Å². The molecule has 0 unspecified atom stereocenters. The molecule has 2 N–H and O–H groups in total. The smallest absolute Gasteiger partial charge is 0.253 e. The van der Waals surface area contributed by atoms with E-state index in [2.05, 4.69) is 0 Å². The third-order valence-corrected chi connectivity index (χ3v) is 4.67. The highest BCUT2D eigenvalue weighted by Gasteiger charge is 2.16. The second-order valence-corrected chi connectivity index (χ2v) is 6.69. The van der Waals surface area contributed by atoms with Gasteiger partial charge in [0.25, 0.3) is 5.91 Å². The Balaban J connectivity index is 1.72. The van der Waals surface area contributed by atoms with Crippen molar-refractivity contribution in [2.24, 2.45) is 5.73 Å². The summed E-state index contributed by atoms with van der Waals surface area (Å²) in [7, 11) is 0. The lowest BCUT2D eigenvalue weighted by atomic mass is 10.0. The van der Waals surface area contributed by atoms with Crippen LogP contribution in [0.25, 0.3) is 11.1 Å². The Bertz CT molecular complexity index is 906. The molecule has 3 aromatic carbocycles. The highest BCUT2D eigenvalue weighted by Crippen LogP contribution is 2.20. The minimum absolute atomic E-state index is 0.0863. The van der Waals surface area contributed by atoms with E-state index in [1.54, 1.807) is 4.90 Å². The molecule has 0 fully saturated rings. The van der Waals surface area contributed by atoms with Crippen molar-refractivity contribution in [3.05, 3.63) is 96.1 Å². The van der Waals surface area contributed by atoms with E-state index in [1.165, 1.54) is 0 Å². The summed E-state index contributed by atoms with van der Waals surface area (Å²) in [5, 5.41) is 0. The van der Waals surface area contributed by atoms with Crippen molar-refractivity contribution in [1.29, 1.82) is 0 Å². The predicted octanol–water partition coefficient (Wildman–Crippen LogP) is 3.91. The molecule has 3 aromatic rings. The summed E-state index contributed by atoms with van der Waals surface area (Å²) in [6.07, 6.45) is 0.885. The Labute approximate surface area is 165 Å². The van der Waals surface area contributed by atoms with Crippen LogP contribution in [0.5, 0.6) is 0 Å². The summed E-state index contributed by atoms with van der Waals surface area (Å²) in [5.41, 5.74) is 9.22. The number of hydrogen-bond donors (Lipinski definition) is 1. The molecule has 0 saturated carbocycles. The van der Waals surface area contributed by atoms with Crippen molar-refractivity contribution in [3.63, 3.8) is 0 Å². The number of amides is 2. The second-order valence-electron chi connectivity index (χ2n) is 6.69. The SMILES string of the molecule is NC(=O)CCN(CCc1ccccc1)C(=O)c1ccc(-c2ccccc2)cc1. The van der Waals surface area contributed by atoms with Gasteiger partial charge in [-0.15, -0.1) is 0 Å². The minimum Gasteiger partial charge on any atom is -0.370 e. The summed E-state index contributed by atoms with van der Waals surface area (Å²) in [6, 6.07) is 27.6. The number of carbonyl (C=O) groups excluding carboxylic acids is 2. The molecule has 4 nitrogen and oxygen atoms in total. The van der Waals surface area contributed by atoms with Gasteiger partial charge in [-0.2, -0.15) is 0 Å². The van der Waals surface area contributed by atoms with Crippen LogP contribution in [0.4, 0.5) is 0 Å². The summed E-state index contributed by atoms with van der Waals surface area (Å²) >= 11 is 0. The molecule has 28 heavy (non-hydrogen) atoms. The zero-order valence-electron chi connectivity index (χ0n) is 15.8. The van der Waals surface area contributed by atoms with Gasteiger partial charge >= 0.3 is 0 Å². The van der Waals surface area contributed by atoms with Crippen LogP contribution < -0.4 is 5.73 Å². The van der Waals surface area contributed by atoms with E-state index >= 15 is 0 Å². The Morgan fingerprint density at radius 2 is 1.29 bits per heavy atom. The van der Waals surface area contributed by atoms with Crippen LogP contribution in [0.1, 0.15) is 22.3 Å². The first-order valence-corrected chi connectivity index (χ1v) is 9.40. The number of rotatable bonds is 8. The fourth-order valence-electron chi connectivity index (χ4n) is 3.09. The second kappa shape index (κ2) is 9.51. The molecule has 3 rings (SSSR count). The van der Waals surface area contributed by atoms with Gasteiger partial charge in [-0.3, -0.25) is 9.59 Å². The lowest BCUT2D eigenvalue weighted by molar-refractivity contribution is -0.118. The molecule has 4 heteroatoms. The van der Waals surface area contributed by atoms with Crippen LogP contribution in [0.3, 0.4) is 0 Å². The van der Waals surface area contributed by atoms with Crippen LogP contribution in [0.2, 0.25) is 0 Å². The molecule has 0 radical (unpaired) electrons. The van der Waals surface area contributed by atoms with Gasteiger partial charge < -0.3 is 10.6 Å². The molecule has 0 heterocycles. The number of nitrogens with zero attached hydrogens (tertiary/aromatic N) is 1. The maximum Gasteiger partial charge on any atom is 0.253 e. The van der Waals surface area contributed by atoms with Crippen molar-refractivity contribution < 1.29 is 9.59 Å². The molecule has 0 spiro atoms. The Kier molecular flexibility index (Phi) is 6.58. The number of benzene rings is 3. The van der Waals surface area contributed by atoms with Crippen molar-refractivity contribution in [3.8, 4) is 11.1 Å². The summed E-state index contributed by atoms with van der Waals surface area (Å²) in [6.45, 7) is 0.859.